The number of rotatable bonds is 4. The maximum Gasteiger partial charge on any atom is 0.270 e. The van der Waals surface area contributed by atoms with Crippen molar-refractivity contribution in [2.45, 2.75) is 13.5 Å². The Bertz CT molecular complexity index is 1590. The van der Waals surface area contributed by atoms with E-state index in [1.807, 2.05) is 43.3 Å². The van der Waals surface area contributed by atoms with E-state index in [0.717, 1.165) is 32.2 Å². The molecule has 4 aromatic rings. The number of hydrogen-bond acceptors (Lipinski definition) is 3. The Balaban J connectivity index is 1.62. The van der Waals surface area contributed by atoms with Gasteiger partial charge in [-0.05, 0) is 61.1 Å². The van der Waals surface area contributed by atoms with Crippen molar-refractivity contribution in [3.63, 3.8) is 0 Å². The molecule has 0 atom stereocenters. The summed E-state index contributed by atoms with van der Waals surface area (Å²) in [6.07, 6.45) is 1.63. The van der Waals surface area contributed by atoms with Crippen molar-refractivity contribution >= 4 is 90.9 Å². The van der Waals surface area contributed by atoms with Crippen LogP contribution in [-0.2, 0) is 16.1 Å². The molecular weight excluding hydrogens is 581 g/mol. The van der Waals surface area contributed by atoms with E-state index in [1.54, 1.807) is 24.3 Å². The molecule has 36 heavy (non-hydrogen) atoms. The third-order valence-electron chi connectivity index (χ3n) is 6.10. The smallest absolute Gasteiger partial charge is 0.270 e. The summed E-state index contributed by atoms with van der Waals surface area (Å²) < 4.78 is 3.18. The highest BCUT2D eigenvalue weighted by Crippen LogP contribution is 2.35. The summed E-state index contributed by atoms with van der Waals surface area (Å²) >= 11 is 21.3. The molecule has 0 spiro atoms. The molecule has 1 saturated heterocycles. The zero-order valence-corrected chi connectivity index (χ0v) is 22.8. The average molecular weight is 599 g/mol. The van der Waals surface area contributed by atoms with E-state index >= 15 is 0 Å². The number of benzene rings is 3. The fraction of sp³-hybridized carbons (Fsp3) is 0.0741. The summed E-state index contributed by atoms with van der Waals surface area (Å²) in [5, 5.41) is 3.94. The molecule has 2 amide bonds. The van der Waals surface area contributed by atoms with Crippen LogP contribution in [0.1, 0.15) is 16.8 Å². The maximum atomic E-state index is 13.6. The predicted octanol–water partition coefficient (Wildman–Crippen LogP) is 6.90. The number of anilines is 1. The number of aromatic nitrogens is 1. The summed E-state index contributed by atoms with van der Waals surface area (Å²) in [6.45, 7) is 2.62. The van der Waals surface area contributed by atoms with E-state index in [0.29, 0.717) is 12.2 Å². The molecule has 1 aliphatic heterocycles. The van der Waals surface area contributed by atoms with E-state index in [-0.39, 0.29) is 20.7 Å². The van der Waals surface area contributed by atoms with E-state index in [4.69, 9.17) is 35.4 Å². The Labute approximate surface area is 231 Å². The van der Waals surface area contributed by atoms with Gasteiger partial charge in [0.05, 0.1) is 15.7 Å². The van der Waals surface area contributed by atoms with Crippen LogP contribution in [0.15, 0.2) is 76.8 Å². The number of fused-ring (bicyclic) bond motifs is 1. The Morgan fingerprint density at radius 1 is 1.00 bits per heavy atom. The third kappa shape index (κ3) is 4.37. The van der Waals surface area contributed by atoms with E-state index in [1.165, 1.54) is 4.90 Å². The standard InChI is InChI=1S/C27H18BrCl2N3O2S/c1-15-19(18-5-2-3-7-22(18)32(15)14-16-9-11-17(28)12-10-16)13-20-25(34)31-27(36)33(26(20)35)23-8-4-6-21(29)24(23)30/h2-13H,14H2,1H3,(H,31,34,36)/b20-13+. The van der Waals surface area contributed by atoms with Crippen LogP contribution in [0.4, 0.5) is 5.69 Å². The molecule has 0 saturated carbocycles. The molecule has 5 rings (SSSR count). The zero-order chi connectivity index (χ0) is 25.6. The molecule has 0 radical (unpaired) electrons. The van der Waals surface area contributed by atoms with Gasteiger partial charge >= 0.3 is 0 Å². The molecule has 1 N–H and O–H groups in total. The van der Waals surface area contributed by atoms with Crippen molar-refractivity contribution in [1.29, 1.82) is 0 Å². The second kappa shape index (κ2) is 9.82. The predicted molar refractivity (Wildman–Crippen MR) is 153 cm³/mol. The monoisotopic (exact) mass is 597 g/mol. The molecule has 5 nitrogen and oxygen atoms in total. The minimum absolute atomic E-state index is 0.0470. The topological polar surface area (TPSA) is 54.3 Å². The van der Waals surface area contributed by atoms with Gasteiger partial charge in [-0.2, -0.15) is 0 Å². The molecule has 1 aromatic heterocycles. The summed E-state index contributed by atoms with van der Waals surface area (Å²) in [6, 6.07) is 20.9. The normalized spacial score (nSPS) is 15.2. The number of hydrogen-bond donors (Lipinski definition) is 1. The first kappa shape index (κ1) is 24.7. The molecule has 0 aliphatic carbocycles. The van der Waals surface area contributed by atoms with Gasteiger partial charge in [0.15, 0.2) is 5.11 Å². The lowest BCUT2D eigenvalue weighted by atomic mass is 10.0. The van der Waals surface area contributed by atoms with E-state index in [9.17, 15) is 9.59 Å². The molecule has 0 bridgehead atoms. The number of thiocarbonyl (C=S) groups is 1. The van der Waals surface area contributed by atoms with Crippen molar-refractivity contribution in [1.82, 2.24) is 9.88 Å². The first-order valence-electron chi connectivity index (χ1n) is 10.9. The Hall–Kier alpha value is -2.97. The lowest BCUT2D eigenvalue weighted by Gasteiger charge is -2.29. The van der Waals surface area contributed by atoms with Gasteiger partial charge in [-0.3, -0.25) is 19.8 Å². The van der Waals surface area contributed by atoms with Crippen LogP contribution in [0.5, 0.6) is 0 Å². The number of amides is 2. The highest BCUT2D eigenvalue weighted by Gasteiger charge is 2.36. The lowest BCUT2D eigenvalue weighted by Crippen LogP contribution is -2.54. The minimum Gasteiger partial charge on any atom is -0.340 e. The molecule has 3 aromatic carbocycles. The lowest BCUT2D eigenvalue weighted by molar-refractivity contribution is -0.122. The van der Waals surface area contributed by atoms with Gasteiger partial charge in [-0.15, -0.1) is 0 Å². The number of nitrogens with one attached hydrogen (secondary N) is 1. The molecule has 2 heterocycles. The van der Waals surface area contributed by atoms with Crippen LogP contribution in [0.25, 0.3) is 17.0 Å². The maximum absolute atomic E-state index is 13.6. The summed E-state index contributed by atoms with van der Waals surface area (Å²) in [5.74, 6) is -1.14. The number of carbonyl (C=O) groups is 2. The van der Waals surface area contributed by atoms with Crippen LogP contribution in [0.2, 0.25) is 10.0 Å². The first-order valence-corrected chi connectivity index (χ1v) is 12.9. The van der Waals surface area contributed by atoms with Gasteiger partial charge in [-0.25, -0.2) is 0 Å². The third-order valence-corrected chi connectivity index (χ3v) is 7.72. The highest BCUT2D eigenvalue weighted by molar-refractivity contribution is 9.10. The number of para-hydroxylation sites is 1. The SMILES string of the molecule is Cc1c(/C=C2\C(=O)NC(=S)N(c3cccc(Cl)c3Cl)C2=O)c2ccccc2n1Cc1ccc(Br)cc1. The van der Waals surface area contributed by atoms with Crippen molar-refractivity contribution in [2.75, 3.05) is 4.90 Å². The molecule has 0 unspecified atom stereocenters. The van der Waals surface area contributed by atoms with Gasteiger partial charge in [-0.1, -0.05) is 75.5 Å². The summed E-state index contributed by atoms with van der Waals surface area (Å²) in [7, 11) is 0. The van der Waals surface area contributed by atoms with Crippen LogP contribution >= 0.6 is 51.3 Å². The van der Waals surface area contributed by atoms with Crippen LogP contribution in [0.3, 0.4) is 0 Å². The fourth-order valence-electron chi connectivity index (χ4n) is 4.30. The summed E-state index contributed by atoms with van der Waals surface area (Å²) in [5.41, 5.74) is 4.09. The van der Waals surface area contributed by atoms with Crippen molar-refractivity contribution in [3.8, 4) is 0 Å². The quantitative estimate of drug-likeness (QED) is 0.158. The Kier molecular flexibility index (Phi) is 6.74. The summed E-state index contributed by atoms with van der Waals surface area (Å²) in [4.78, 5) is 27.7. The molecule has 9 heteroatoms. The van der Waals surface area contributed by atoms with Gasteiger partial charge < -0.3 is 4.57 Å². The van der Waals surface area contributed by atoms with Crippen molar-refractivity contribution in [2.24, 2.45) is 0 Å². The Morgan fingerprint density at radius 3 is 2.47 bits per heavy atom. The average Bonchev–Trinajstić information content (AvgIpc) is 3.11. The molecule has 1 aliphatic rings. The highest BCUT2D eigenvalue weighted by atomic mass is 79.9. The molecular formula is C27H18BrCl2N3O2S. The van der Waals surface area contributed by atoms with E-state index < -0.39 is 11.8 Å². The first-order chi connectivity index (χ1) is 17.3. The van der Waals surface area contributed by atoms with Crippen LogP contribution < -0.4 is 10.2 Å². The van der Waals surface area contributed by atoms with Crippen LogP contribution in [-0.4, -0.2) is 21.5 Å². The second-order valence-corrected chi connectivity index (χ2v) is 10.3. The molecule has 1 fully saturated rings. The largest absolute Gasteiger partial charge is 0.340 e. The number of nitrogens with zero attached hydrogens (tertiary/aromatic N) is 2. The van der Waals surface area contributed by atoms with Crippen molar-refractivity contribution < 1.29 is 9.59 Å². The zero-order valence-electron chi connectivity index (χ0n) is 18.9. The van der Waals surface area contributed by atoms with E-state index in [2.05, 4.69) is 37.9 Å². The Morgan fingerprint density at radius 2 is 1.72 bits per heavy atom. The van der Waals surface area contributed by atoms with Gasteiger partial charge in [0.2, 0.25) is 0 Å². The molecule has 180 valence electrons. The number of carbonyl (C=O) groups excluding carboxylic acids is 2. The van der Waals surface area contributed by atoms with Gasteiger partial charge in [0, 0.05) is 33.2 Å². The number of halogens is 3. The van der Waals surface area contributed by atoms with Crippen LogP contribution in [0, 0.1) is 6.92 Å². The minimum atomic E-state index is -0.572. The van der Waals surface area contributed by atoms with Gasteiger partial charge in [0.25, 0.3) is 11.8 Å². The van der Waals surface area contributed by atoms with Crippen molar-refractivity contribution in [3.05, 3.63) is 104 Å². The fourth-order valence-corrected chi connectivity index (χ4v) is 5.22. The second-order valence-electron chi connectivity index (χ2n) is 8.26. The van der Waals surface area contributed by atoms with Gasteiger partial charge in [0.1, 0.15) is 5.57 Å².